The Morgan fingerprint density at radius 2 is 2.25 bits per heavy atom. The zero-order valence-corrected chi connectivity index (χ0v) is 12.6. The van der Waals surface area contributed by atoms with E-state index in [2.05, 4.69) is 25.9 Å². The zero-order valence-electron chi connectivity index (χ0n) is 11.4. The van der Waals surface area contributed by atoms with Crippen molar-refractivity contribution in [3.8, 4) is 5.75 Å². The molecule has 108 valence electrons. The maximum atomic E-state index is 12.5. The Kier molecular flexibility index (Phi) is 5.57. The van der Waals surface area contributed by atoms with E-state index in [1.54, 1.807) is 0 Å². The number of alkyl halides is 1. The molecule has 1 aromatic heterocycles. The van der Waals surface area contributed by atoms with E-state index in [4.69, 9.17) is 4.52 Å². The van der Waals surface area contributed by atoms with E-state index in [1.165, 1.54) is 5.56 Å². The van der Waals surface area contributed by atoms with Crippen molar-refractivity contribution in [2.24, 2.45) is 0 Å². The van der Waals surface area contributed by atoms with Gasteiger partial charge in [0.25, 0.3) is 0 Å². The van der Waals surface area contributed by atoms with Gasteiger partial charge in [0.05, 0.1) is 9.47 Å². The summed E-state index contributed by atoms with van der Waals surface area (Å²) >= 11 is 0. The quantitative estimate of drug-likeness (QED) is 0.597. The SMILES string of the molecule is C=CCN(CCF)CCc1c[nH]c2cccc(OP)c12. The first kappa shape index (κ1) is 15.0. The smallest absolute Gasteiger partial charge is 0.132 e. The molecule has 3 nitrogen and oxygen atoms in total. The number of aromatic amines is 1. The number of aromatic nitrogens is 1. The van der Waals surface area contributed by atoms with Crippen LogP contribution in [-0.4, -0.2) is 36.2 Å². The topological polar surface area (TPSA) is 28.3 Å². The van der Waals surface area contributed by atoms with Crippen molar-refractivity contribution in [2.75, 3.05) is 26.3 Å². The largest absolute Gasteiger partial charge is 0.480 e. The second-order valence-corrected chi connectivity index (χ2v) is 4.87. The van der Waals surface area contributed by atoms with Crippen LogP contribution in [0.25, 0.3) is 10.9 Å². The molecule has 0 aliphatic heterocycles. The first-order valence-corrected chi connectivity index (χ1v) is 7.12. The van der Waals surface area contributed by atoms with Gasteiger partial charge in [0.15, 0.2) is 0 Å². The van der Waals surface area contributed by atoms with E-state index in [1.807, 2.05) is 30.5 Å². The molecular formula is C15H20FN2OP. The molecule has 1 atom stereocenters. The summed E-state index contributed by atoms with van der Waals surface area (Å²) in [5.74, 6) is 0.838. The molecule has 0 aliphatic carbocycles. The summed E-state index contributed by atoms with van der Waals surface area (Å²) in [5, 5.41) is 1.10. The standard InChI is InChI=1S/C15H20FN2OP/c1-2-8-18(10-7-16)9-6-12-11-17-13-4-3-5-14(19-20)15(12)13/h2-5,11,17H,1,6-10,20H2. The summed E-state index contributed by atoms with van der Waals surface area (Å²) in [6, 6.07) is 5.92. The number of benzene rings is 1. The molecule has 0 bridgehead atoms. The molecule has 0 fully saturated rings. The summed E-state index contributed by atoms with van der Waals surface area (Å²) in [6.07, 6.45) is 4.65. The Morgan fingerprint density at radius 1 is 1.40 bits per heavy atom. The van der Waals surface area contributed by atoms with Gasteiger partial charge in [0.2, 0.25) is 0 Å². The van der Waals surface area contributed by atoms with Crippen LogP contribution >= 0.6 is 9.47 Å². The van der Waals surface area contributed by atoms with Gasteiger partial charge in [-0.05, 0) is 24.1 Å². The lowest BCUT2D eigenvalue weighted by Crippen LogP contribution is -2.28. The average molecular weight is 294 g/mol. The van der Waals surface area contributed by atoms with E-state index in [-0.39, 0.29) is 6.67 Å². The average Bonchev–Trinajstić information content (AvgIpc) is 2.88. The van der Waals surface area contributed by atoms with Gasteiger partial charge in [-0.25, -0.2) is 4.39 Å². The van der Waals surface area contributed by atoms with Crippen molar-refractivity contribution < 1.29 is 8.91 Å². The van der Waals surface area contributed by atoms with Crippen LogP contribution in [0.1, 0.15) is 5.56 Å². The van der Waals surface area contributed by atoms with Crippen LogP contribution in [0.3, 0.4) is 0 Å². The third-order valence-corrected chi connectivity index (χ3v) is 3.62. The van der Waals surface area contributed by atoms with Crippen LogP contribution in [0.5, 0.6) is 5.75 Å². The number of nitrogens with zero attached hydrogens (tertiary/aromatic N) is 1. The highest BCUT2D eigenvalue weighted by Crippen LogP contribution is 2.30. The number of nitrogens with one attached hydrogen (secondary N) is 1. The molecule has 5 heteroatoms. The van der Waals surface area contributed by atoms with Crippen molar-refractivity contribution in [3.05, 3.63) is 42.6 Å². The molecule has 0 amide bonds. The highest BCUT2D eigenvalue weighted by Gasteiger charge is 2.10. The maximum Gasteiger partial charge on any atom is 0.132 e. The monoisotopic (exact) mass is 294 g/mol. The summed E-state index contributed by atoms with van der Waals surface area (Å²) < 4.78 is 17.8. The Hall–Kier alpha value is -1.38. The van der Waals surface area contributed by atoms with Crippen LogP contribution in [0.15, 0.2) is 37.1 Å². The first-order chi connectivity index (χ1) is 9.80. The van der Waals surface area contributed by atoms with Crippen LogP contribution in [0.2, 0.25) is 0 Å². The van der Waals surface area contributed by atoms with Crippen LogP contribution in [0, 0.1) is 0 Å². The van der Waals surface area contributed by atoms with Gasteiger partial charge in [-0.2, -0.15) is 0 Å². The van der Waals surface area contributed by atoms with Crippen LogP contribution in [-0.2, 0) is 6.42 Å². The zero-order chi connectivity index (χ0) is 14.4. The number of fused-ring (bicyclic) bond motifs is 1. The van der Waals surface area contributed by atoms with E-state index in [0.29, 0.717) is 13.1 Å². The summed E-state index contributed by atoms with van der Waals surface area (Å²) in [5.41, 5.74) is 2.24. The second-order valence-electron chi connectivity index (χ2n) is 4.64. The van der Waals surface area contributed by atoms with E-state index in [0.717, 1.165) is 29.6 Å². The predicted molar refractivity (Wildman–Crippen MR) is 85.0 cm³/mol. The number of H-pyrrole nitrogens is 1. The number of hydrogen-bond acceptors (Lipinski definition) is 2. The van der Waals surface area contributed by atoms with Gasteiger partial charge in [-0.3, -0.25) is 4.90 Å². The molecule has 1 aromatic carbocycles. The Morgan fingerprint density at radius 3 is 2.95 bits per heavy atom. The van der Waals surface area contributed by atoms with Crippen LogP contribution < -0.4 is 4.52 Å². The summed E-state index contributed by atoms with van der Waals surface area (Å²) in [4.78, 5) is 5.30. The lowest BCUT2D eigenvalue weighted by atomic mass is 10.1. The molecule has 0 aliphatic rings. The van der Waals surface area contributed by atoms with Gasteiger partial charge < -0.3 is 9.51 Å². The van der Waals surface area contributed by atoms with E-state index >= 15 is 0 Å². The van der Waals surface area contributed by atoms with E-state index in [9.17, 15) is 4.39 Å². The van der Waals surface area contributed by atoms with Crippen molar-refractivity contribution in [1.82, 2.24) is 9.88 Å². The molecule has 0 spiro atoms. The fourth-order valence-corrected chi connectivity index (χ4v) is 2.59. The Bertz CT molecular complexity index is 570. The van der Waals surface area contributed by atoms with Crippen molar-refractivity contribution in [3.63, 3.8) is 0 Å². The number of halogens is 1. The molecule has 20 heavy (non-hydrogen) atoms. The molecule has 2 rings (SSSR count). The van der Waals surface area contributed by atoms with Gasteiger partial charge in [0, 0.05) is 36.7 Å². The third kappa shape index (κ3) is 3.38. The highest BCUT2D eigenvalue weighted by molar-refractivity contribution is 7.10. The number of hydrogen-bond donors (Lipinski definition) is 1. The van der Waals surface area contributed by atoms with Gasteiger partial charge in [-0.1, -0.05) is 12.1 Å². The van der Waals surface area contributed by atoms with E-state index < -0.39 is 0 Å². The van der Waals surface area contributed by atoms with Crippen molar-refractivity contribution in [2.45, 2.75) is 6.42 Å². The fourth-order valence-electron chi connectivity index (χ4n) is 2.39. The highest BCUT2D eigenvalue weighted by atomic mass is 31.0. The van der Waals surface area contributed by atoms with Gasteiger partial charge >= 0.3 is 0 Å². The minimum atomic E-state index is -0.332. The molecule has 1 heterocycles. The van der Waals surface area contributed by atoms with Gasteiger partial charge in [-0.15, -0.1) is 6.58 Å². The Balaban J connectivity index is 2.15. The lowest BCUT2D eigenvalue weighted by Gasteiger charge is -2.18. The minimum Gasteiger partial charge on any atom is -0.480 e. The molecule has 0 radical (unpaired) electrons. The lowest BCUT2D eigenvalue weighted by molar-refractivity contribution is 0.274. The second kappa shape index (κ2) is 7.41. The summed E-state index contributed by atoms with van der Waals surface area (Å²) in [7, 11) is 2.28. The number of rotatable bonds is 8. The van der Waals surface area contributed by atoms with Crippen molar-refractivity contribution >= 4 is 20.4 Å². The molecule has 1 unspecified atom stereocenters. The molecule has 2 aromatic rings. The predicted octanol–water partition coefficient (Wildman–Crippen LogP) is 3.34. The minimum absolute atomic E-state index is 0.332. The molecule has 0 saturated carbocycles. The summed E-state index contributed by atoms with van der Waals surface area (Å²) in [6.45, 7) is 5.33. The Labute approximate surface area is 121 Å². The first-order valence-electron chi connectivity index (χ1n) is 6.65. The van der Waals surface area contributed by atoms with Crippen molar-refractivity contribution in [1.29, 1.82) is 0 Å². The molecule has 0 saturated heterocycles. The molecular weight excluding hydrogens is 274 g/mol. The molecule has 1 N–H and O–H groups in total. The van der Waals surface area contributed by atoms with Crippen LogP contribution in [0.4, 0.5) is 4.39 Å². The third-order valence-electron chi connectivity index (χ3n) is 3.36. The maximum absolute atomic E-state index is 12.5. The van der Waals surface area contributed by atoms with Gasteiger partial charge in [0.1, 0.15) is 12.4 Å². The normalized spacial score (nSPS) is 11.2. The fraction of sp³-hybridized carbons (Fsp3) is 0.333.